The molecule has 194 valence electrons. The first-order valence-corrected chi connectivity index (χ1v) is 12.4. The smallest absolute Gasteiger partial charge is 0.337 e. The van der Waals surface area contributed by atoms with E-state index in [1.54, 1.807) is 31.4 Å². The summed E-state index contributed by atoms with van der Waals surface area (Å²) in [6.07, 6.45) is -1.75. The summed E-state index contributed by atoms with van der Waals surface area (Å²) >= 11 is 0. The molecule has 5 atom stereocenters. The van der Waals surface area contributed by atoms with Gasteiger partial charge in [-0.25, -0.2) is 4.79 Å². The van der Waals surface area contributed by atoms with Crippen molar-refractivity contribution in [3.05, 3.63) is 102 Å². The van der Waals surface area contributed by atoms with Gasteiger partial charge in [-0.15, -0.1) is 0 Å². The van der Waals surface area contributed by atoms with Crippen molar-refractivity contribution in [1.82, 2.24) is 0 Å². The highest BCUT2D eigenvalue weighted by molar-refractivity contribution is 6.12. The van der Waals surface area contributed by atoms with Crippen LogP contribution in [-0.2, 0) is 30.2 Å². The number of para-hydroxylation sites is 1. The summed E-state index contributed by atoms with van der Waals surface area (Å²) in [5, 5.41) is 2.89. The number of rotatable bonds is 9. The number of fused-ring (bicyclic) bond motifs is 5. The van der Waals surface area contributed by atoms with Crippen LogP contribution in [-0.4, -0.2) is 56.1 Å². The highest BCUT2D eigenvalue weighted by Gasteiger charge is 2.78. The van der Waals surface area contributed by atoms with E-state index in [9.17, 15) is 9.59 Å². The van der Waals surface area contributed by atoms with Gasteiger partial charge in [-0.3, -0.25) is 4.79 Å². The van der Waals surface area contributed by atoms with Crippen LogP contribution >= 0.6 is 0 Å². The maximum atomic E-state index is 13.7. The summed E-state index contributed by atoms with van der Waals surface area (Å²) in [5.74, 6) is 0.189. The Morgan fingerprint density at radius 3 is 2.26 bits per heavy atom. The van der Waals surface area contributed by atoms with Crippen molar-refractivity contribution >= 4 is 17.6 Å². The SMILES string of the molecule is COC(=O)C1=C(C(=O)Nc2ccc(OC)cc2)C2OC1(C(Cc1ccccc1)Oc1ccccc1)C1OC21. The quantitative estimate of drug-likeness (QED) is 0.344. The molecule has 3 heterocycles. The first-order valence-electron chi connectivity index (χ1n) is 12.4. The molecule has 6 rings (SSSR count). The number of carbonyl (C=O) groups excluding carboxylic acids is 2. The molecule has 3 aliphatic heterocycles. The van der Waals surface area contributed by atoms with Crippen molar-refractivity contribution in [3.8, 4) is 11.5 Å². The summed E-state index contributed by atoms with van der Waals surface area (Å²) in [5.41, 5.74) is 0.583. The predicted molar refractivity (Wildman–Crippen MR) is 138 cm³/mol. The fourth-order valence-electron chi connectivity index (χ4n) is 5.50. The number of methoxy groups -OCH3 is 2. The highest BCUT2D eigenvalue weighted by atomic mass is 16.7. The Morgan fingerprint density at radius 1 is 0.921 bits per heavy atom. The maximum absolute atomic E-state index is 13.7. The third kappa shape index (κ3) is 4.02. The predicted octanol–water partition coefficient (Wildman–Crippen LogP) is 3.71. The number of amides is 1. The zero-order valence-corrected chi connectivity index (χ0v) is 21.0. The van der Waals surface area contributed by atoms with Gasteiger partial charge >= 0.3 is 5.97 Å². The molecule has 8 heteroatoms. The average molecular weight is 514 g/mol. The molecule has 2 fully saturated rings. The second-order valence-electron chi connectivity index (χ2n) is 9.43. The summed E-state index contributed by atoms with van der Waals surface area (Å²) in [7, 11) is 2.87. The van der Waals surface area contributed by atoms with Gasteiger partial charge in [-0.1, -0.05) is 48.5 Å². The standard InChI is InChI=1S/C30H27NO7/c1-34-20-15-13-19(14-16-20)31-28(32)23-24(29(33)35-2)30(27-26(37-27)25(23)38-30)22(17-18-9-5-3-6-10-18)36-21-11-7-4-8-12-21/h3-16,22,25-27H,17H2,1-2H3,(H,31,32). The Kier molecular flexibility index (Phi) is 6.13. The Morgan fingerprint density at radius 2 is 1.61 bits per heavy atom. The van der Waals surface area contributed by atoms with E-state index < -0.39 is 35.8 Å². The molecule has 0 radical (unpaired) electrons. The first kappa shape index (κ1) is 24.2. The minimum absolute atomic E-state index is 0.145. The van der Waals surface area contributed by atoms with Gasteiger partial charge in [0.15, 0.2) is 5.60 Å². The molecule has 2 bridgehead atoms. The van der Waals surface area contributed by atoms with Crippen molar-refractivity contribution in [1.29, 1.82) is 0 Å². The Bertz CT molecular complexity index is 1330. The van der Waals surface area contributed by atoms with Crippen molar-refractivity contribution in [2.24, 2.45) is 0 Å². The molecule has 8 nitrogen and oxygen atoms in total. The van der Waals surface area contributed by atoms with E-state index in [0.717, 1.165) is 5.56 Å². The van der Waals surface area contributed by atoms with Crippen LogP contribution in [0.15, 0.2) is 96.1 Å². The van der Waals surface area contributed by atoms with Crippen LogP contribution in [0.2, 0.25) is 0 Å². The van der Waals surface area contributed by atoms with Gasteiger partial charge in [0.25, 0.3) is 5.91 Å². The molecule has 0 spiro atoms. The van der Waals surface area contributed by atoms with Crippen molar-refractivity contribution < 1.29 is 33.3 Å². The number of benzene rings is 3. The van der Waals surface area contributed by atoms with Gasteiger partial charge in [0.1, 0.15) is 35.9 Å². The fourth-order valence-corrected chi connectivity index (χ4v) is 5.50. The third-order valence-corrected chi connectivity index (χ3v) is 7.26. The lowest BCUT2D eigenvalue weighted by molar-refractivity contribution is -0.144. The van der Waals surface area contributed by atoms with Crippen LogP contribution in [0.5, 0.6) is 11.5 Å². The molecule has 0 aromatic heterocycles. The van der Waals surface area contributed by atoms with Crippen LogP contribution in [0.25, 0.3) is 0 Å². The highest BCUT2D eigenvalue weighted by Crippen LogP contribution is 2.60. The lowest BCUT2D eigenvalue weighted by Crippen LogP contribution is -2.54. The number of carbonyl (C=O) groups is 2. The van der Waals surface area contributed by atoms with Gasteiger partial charge in [0.2, 0.25) is 0 Å². The number of hydrogen-bond acceptors (Lipinski definition) is 7. The number of hydrogen-bond donors (Lipinski definition) is 1. The number of epoxide rings is 1. The van der Waals surface area contributed by atoms with E-state index in [1.165, 1.54) is 7.11 Å². The summed E-state index contributed by atoms with van der Waals surface area (Å²) in [6.45, 7) is 0. The molecule has 1 N–H and O–H groups in total. The van der Waals surface area contributed by atoms with E-state index >= 15 is 0 Å². The molecule has 1 amide bonds. The first-order chi connectivity index (χ1) is 18.5. The zero-order chi connectivity index (χ0) is 26.3. The minimum atomic E-state index is -1.32. The molecule has 2 saturated heterocycles. The van der Waals surface area contributed by atoms with Crippen molar-refractivity contribution in [3.63, 3.8) is 0 Å². The molecular formula is C30H27NO7. The van der Waals surface area contributed by atoms with Crippen molar-refractivity contribution in [2.75, 3.05) is 19.5 Å². The van der Waals surface area contributed by atoms with Crippen LogP contribution in [0.1, 0.15) is 5.56 Å². The van der Waals surface area contributed by atoms with Crippen molar-refractivity contribution in [2.45, 2.75) is 36.4 Å². The third-order valence-electron chi connectivity index (χ3n) is 7.26. The van der Waals surface area contributed by atoms with Gasteiger partial charge in [0, 0.05) is 12.1 Å². The van der Waals surface area contributed by atoms with Gasteiger partial charge < -0.3 is 29.0 Å². The largest absolute Gasteiger partial charge is 0.497 e. The van der Waals surface area contributed by atoms with E-state index in [1.807, 2.05) is 60.7 Å². The molecule has 3 aromatic carbocycles. The second kappa shape index (κ2) is 9.63. The van der Waals surface area contributed by atoms with Crippen LogP contribution in [0, 0.1) is 0 Å². The van der Waals surface area contributed by atoms with E-state index in [2.05, 4.69) is 5.32 Å². The van der Waals surface area contributed by atoms with E-state index in [-0.39, 0.29) is 17.3 Å². The normalized spacial score (nSPS) is 25.4. The summed E-state index contributed by atoms with van der Waals surface area (Å²) in [6, 6.07) is 26.1. The Balaban J connectivity index is 1.42. The summed E-state index contributed by atoms with van der Waals surface area (Å²) < 4.78 is 29.5. The molecule has 3 aromatic rings. The molecule has 3 aliphatic rings. The molecule has 0 saturated carbocycles. The summed E-state index contributed by atoms with van der Waals surface area (Å²) in [4.78, 5) is 27.0. The lowest BCUT2D eigenvalue weighted by atomic mass is 9.76. The number of nitrogens with one attached hydrogen (secondary N) is 1. The van der Waals surface area contributed by atoms with Crippen LogP contribution in [0.3, 0.4) is 0 Å². The van der Waals surface area contributed by atoms with Gasteiger partial charge in [-0.05, 0) is 42.0 Å². The number of esters is 1. The van der Waals surface area contributed by atoms with E-state index in [4.69, 9.17) is 23.7 Å². The average Bonchev–Trinajstić information content (AvgIpc) is 3.61. The second-order valence-corrected chi connectivity index (χ2v) is 9.43. The zero-order valence-electron chi connectivity index (χ0n) is 21.0. The van der Waals surface area contributed by atoms with Crippen LogP contribution in [0.4, 0.5) is 5.69 Å². The Hall–Kier alpha value is -4.14. The fraction of sp³-hybridized carbons (Fsp3) is 0.267. The van der Waals surface area contributed by atoms with Crippen LogP contribution < -0.4 is 14.8 Å². The molecule has 5 unspecified atom stereocenters. The maximum Gasteiger partial charge on any atom is 0.337 e. The molecule has 38 heavy (non-hydrogen) atoms. The topological polar surface area (TPSA) is 95.6 Å². The molecule has 0 aliphatic carbocycles. The Labute approximate surface area is 220 Å². The number of anilines is 1. The van der Waals surface area contributed by atoms with Gasteiger partial charge in [0.05, 0.1) is 25.4 Å². The number of ether oxygens (including phenoxy) is 5. The molecular weight excluding hydrogens is 486 g/mol. The minimum Gasteiger partial charge on any atom is -0.497 e. The van der Waals surface area contributed by atoms with E-state index in [0.29, 0.717) is 23.6 Å². The van der Waals surface area contributed by atoms with Gasteiger partial charge in [-0.2, -0.15) is 0 Å². The monoisotopic (exact) mass is 513 g/mol. The lowest BCUT2D eigenvalue weighted by Gasteiger charge is -2.36.